The number of hydrogen-bond acceptors (Lipinski definition) is 6. The lowest BCUT2D eigenvalue weighted by Crippen LogP contribution is -2.31. The number of amides is 2. The summed E-state index contributed by atoms with van der Waals surface area (Å²) in [6, 6.07) is 18.6. The molecule has 4 rings (SSSR count). The monoisotopic (exact) mass is 406 g/mol. The summed E-state index contributed by atoms with van der Waals surface area (Å²) in [4.78, 5) is 36.5. The number of nitro groups is 1. The summed E-state index contributed by atoms with van der Waals surface area (Å²) in [7, 11) is 0. The molecule has 0 saturated carbocycles. The Morgan fingerprint density at radius 3 is 2.55 bits per heavy atom. The quantitative estimate of drug-likeness (QED) is 0.527. The highest BCUT2D eigenvalue weighted by Gasteiger charge is 2.31. The number of thioether (sulfide) groups is 1. The molecular formula is C20H14N4O4S. The standard InChI is InChI=1S/C20H14N4O4S/c25-18-12-29-20(22-21-19(26)14-8-10-15(11-9-14)24(27)28)23(18)17-7-3-5-13-4-1-2-6-16(13)17/h1-11H,12H2,(H,21,26)/b22-20+. The average molecular weight is 406 g/mol. The van der Waals surface area contributed by atoms with Crippen molar-refractivity contribution < 1.29 is 14.5 Å². The van der Waals surface area contributed by atoms with Gasteiger partial charge in [0.05, 0.1) is 16.4 Å². The first-order chi connectivity index (χ1) is 14.0. The Bertz CT molecular complexity index is 1160. The van der Waals surface area contributed by atoms with E-state index in [0.29, 0.717) is 10.9 Å². The molecule has 29 heavy (non-hydrogen) atoms. The molecule has 2 amide bonds. The molecule has 1 aliphatic heterocycles. The summed E-state index contributed by atoms with van der Waals surface area (Å²) in [6.07, 6.45) is 0. The predicted octanol–water partition coefficient (Wildman–Crippen LogP) is 3.53. The number of non-ortho nitro benzene ring substituents is 1. The molecule has 0 radical (unpaired) electrons. The van der Waals surface area contributed by atoms with E-state index in [1.54, 1.807) is 0 Å². The van der Waals surface area contributed by atoms with Crippen LogP contribution in [0, 0.1) is 10.1 Å². The van der Waals surface area contributed by atoms with Gasteiger partial charge in [-0.3, -0.25) is 24.6 Å². The highest BCUT2D eigenvalue weighted by Crippen LogP contribution is 2.32. The predicted molar refractivity (Wildman–Crippen MR) is 112 cm³/mol. The Morgan fingerprint density at radius 2 is 1.79 bits per heavy atom. The number of hydrazone groups is 1. The van der Waals surface area contributed by atoms with Crippen molar-refractivity contribution in [2.75, 3.05) is 10.7 Å². The molecule has 1 N–H and O–H groups in total. The Labute approximate surface area is 169 Å². The van der Waals surface area contributed by atoms with Gasteiger partial charge in [0.25, 0.3) is 11.6 Å². The van der Waals surface area contributed by atoms with Crippen molar-refractivity contribution in [3.8, 4) is 0 Å². The van der Waals surface area contributed by atoms with E-state index in [0.717, 1.165) is 10.8 Å². The van der Waals surface area contributed by atoms with Gasteiger partial charge in [0, 0.05) is 23.1 Å². The van der Waals surface area contributed by atoms with Crippen molar-refractivity contribution in [2.24, 2.45) is 5.10 Å². The number of rotatable bonds is 4. The number of fused-ring (bicyclic) bond motifs is 1. The van der Waals surface area contributed by atoms with Crippen LogP contribution < -0.4 is 10.3 Å². The lowest BCUT2D eigenvalue weighted by molar-refractivity contribution is -0.384. The number of carbonyl (C=O) groups excluding carboxylic acids is 2. The summed E-state index contributed by atoms with van der Waals surface area (Å²) in [5, 5.41) is 17.1. The minimum absolute atomic E-state index is 0.105. The molecule has 0 atom stereocenters. The van der Waals surface area contributed by atoms with E-state index in [1.165, 1.54) is 40.9 Å². The van der Waals surface area contributed by atoms with Gasteiger partial charge in [-0.05, 0) is 23.6 Å². The Morgan fingerprint density at radius 1 is 1.07 bits per heavy atom. The Hall–Kier alpha value is -3.72. The third kappa shape index (κ3) is 3.67. The third-order valence-corrected chi connectivity index (χ3v) is 5.29. The van der Waals surface area contributed by atoms with Crippen LogP contribution in [0.5, 0.6) is 0 Å². The van der Waals surface area contributed by atoms with Crippen LogP contribution in [0.15, 0.2) is 71.8 Å². The highest BCUT2D eigenvalue weighted by atomic mass is 32.2. The second kappa shape index (κ2) is 7.72. The zero-order valence-electron chi connectivity index (χ0n) is 14.9. The van der Waals surface area contributed by atoms with Crippen LogP contribution in [0.2, 0.25) is 0 Å². The van der Waals surface area contributed by atoms with Gasteiger partial charge in [0.1, 0.15) is 0 Å². The van der Waals surface area contributed by atoms with Crippen molar-refractivity contribution >= 4 is 50.9 Å². The summed E-state index contributed by atoms with van der Waals surface area (Å²) in [5.41, 5.74) is 3.24. The fourth-order valence-corrected chi connectivity index (χ4v) is 3.80. The van der Waals surface area contributed by atoms with Crippen molar-refractivity contribution in [3.05, 3.63) is 82.4 Å². The largest absolute Gasteiger partial charge is 0.273 e. The van der Waals surface area contributed by atoms with Crippen LogP contribution in [0.4, 0.5) is 11.4 Å². The fourth-order valence-electron chi connectivity index (χ4n) is 2.98. The summed E-state index contributed by atoms with van der Waals surface area (Å²) < 4.78 is 0. The molecule has 144 valence electrons. The van der Waals surface area contributed by atoms with E-state index in [2.05, 4.69) is 10.5 Å². The topological polar surface area (TPSA) is 105 Å². The lowest BCUT2D eigenvalue weighted by atomic mass is 10.1. The number of nitro benzene ring substituents is 1. The number of hydrogen-bond donors (Lipinski definition) is 1. The molecule has 1 aliphatic rings. The van der Waals surface area contributed by atoms with Crippen LogP contribution in [-0.2, 0) is 4.79 Å². The van der Waals surface area contributed by atoms with Crippen LogP contribution in [0.3, 0.4) is 0 Å². The van der Waals surface area contributed by atoms with E-state index in [1.807, 2.05) is 42.5 Å². The van der Waals surface area contributed by atoms with Crippen LogP contribution in [0.1, 0.15) is 10.4 Å². The summed E-state index contributed by atoms with van der Waals surface area (Å²) in [6.45, 7) is 0. The van der Waals surface area contributed by atoms with E-state index in [-0.39, 0.29) is 22.9 Å². The third-order valence-electron chi connectivity index (χ3n) is 4.37. The van der Waals surface area contributed by atoms with E-state index in [4.69, 9.17) is 0 Å². The van der Waals surface area contributed by atoms with Crippen LogP contribution >= 0.6 is 11.8 Å². The van der Waals surface area contributed by atoms with E-state index < -0.39 is 10.8 Å². The van der Waals surface area contributed by atoms with Gasteiger partial charge in [0.15, 0.2) is 5.17 Å². The number of carbonyl (C=O) groups is 2. The Kier molecular flexibility index (Phi) is 4.96. The maximum absolute atomic E-state index is 12.5. The first-order valence-corrected chi connectivity index (χ1v) is 9.59. The summed E-state index contributed by atoms with van der Waals surface area (Å²) in [5.74, 6) is -0.435. The first-order valence-electron chi connectivity index (χ1n) is 8.60. The van der Waals surface area contributed by atoms with Crippen molar-refractivity contribution in [1.82, 2.24) is 5.43 Å². The van der Waals surface area contributed by atoms with Gasteiger partial charge in [-0.25, -0.2) is 5.43 Å². The van der Waals surface area contributed by atoms with E-state index >= 15 is 0 Å². The smallest absolute Gasteiger partial charge is 0.271 e. The summed E-state index contributed by atoms with van der Waals surface area (Å²) >= 11 is 1.23. The molecule has 9 heteroatoms. The van der Waals surface area contributed by atoms with Gasteiger partial charge in [-0.15, -0.1) is 5.10 Å². The molecule has 3 aromatic carbocycles. The SMILES string of the molecule is O=C(N/N=C1/SCC(=O)N1c1cccc2ccccc12)c1ccc([N+](=O)[O-])cc1. The maximum atomic E-state index is 12.5. The minimum Gasteiger partial charge on any atom is -0.273 e. The molecule has 1 fully saturated rings. The number of amidine groups is 1. The van der Waals surface area contributed by atoms with Crippen molar-refractivity contribution in [1.29, 1.82) is 0 Å². The Balaban J connectivity index is 1.60. The van der Waals surface area contributed by atoms with Gasteiger partial charge in [0.2, 0.25) is 5.91 Å². The van der Waals surface area contributed by atoms with E-state index in [9.17, 15) is 19.7 Å². The average Bonchev–Trinajstić information content (AvgIpc) is 3.11. The molecule has 0 spiro atoms. The molecule has 1 saturated heterocycles. The van der Waals surface area contributed by atoms with Gasteiger partial charge in [-0.1, -0.05) is 48.2 Å². The first kappa shape index (κ1) is 18.6. The number of nitrogens with zero attached hydrogens (tertiary/aromatic N) is 3. The second-order valence-corrected chi connectivity index (χ2v) is 7.10. The molecule has 0 aromatic heterocycles. The number of benzene rings is 3. The molecule has 8 nitrogen and oxygen atoms in total. The highest BCUT2D eigenvalue weighted by molar-refractivity contribution is 8.15. The normalized spacial score (nSPS) is 15.1. The molecule has 1 heterocycles. The number of anilines is 1. The van der Waals surface area contributed by atoms with Gasteiger partial charge in [-0.2, -0.15) is 0 Å². The molecule has 0 bridgehead atoms. The molecule has 3 aromatic rings. The fraction of sp³-hybridized carbons (Fsp3) is 0.0500. The van der Waals surface area contributed by atoms with Crippen molar-refractivity contribution in [3.63, 3.8) is 0 Å². The maximum Gasteiger partial charge on any atom is 0.271 e. The molecular weight excluding hydrogens is 392 g/mol. The van der Waals surface area contributed by atoms with Gasteiger partial charge < -0.3 is 0 Å². The zero-order chi connectivity index (χ0) is 20.4. The van der Waals surface area contributed by atoms with Crippen LogP contribution in [-0.4, -0.2) is 27.7 Å². The number of nitrogens with one attached hydrogen (secondary N) is 1. The lowest BCUT2D eigenvalue weighted by Gasteiger charge is -2.18. The van der Waals surface area contributed by atoms with Crippen molar-refractivity contribution in [2.45, 2.75) is 0 Å². The minimum atomic E-state index is -0.537. The molecule has 0 aliphatic carbocycles. The second-order valence-electron chi connectivity index (χ2n) is 6.16. The van der Waals surface area contributed by atoms with Crippen LogP contribution in [0.25, 0.3) is 10.8 Å². The molecule has 0 unspecified atom stereocenters. The zero-order valence-corrected chi connectivity index (χ0v) is 15.8. The van der Waals surface area contributed by atoms with Gasteiger partial charge >= 0.3 is 0 Å².